The van der Waals surface area contributed by atoms with Gasteiger partial charge in [-0.2, -0.15) is 0 Å². The fourth-order valence-corrected chi connectivity index (χ4v) is 1.63. The molecule has 0 atom stereocenters. The van der Waals surface area contributed by atoms with Crippen molar-refractivity contribution in [3.05, 3.63) is 12.7 Å². The number of hydrogen-bond donors (Lipinski definition) is 0. The van der Waals surface area contributed by atoms with Gasteiger partial charge in [0.15, 0.2) is 0 Å². The summed E-state index contributed by atoms with van der Waals surface area (Å²) in [6, 6.07) is 0. The number of nitrogens with zero attached hydrogens (tertiary/aromatic N) is 1. The second-order valence-corrected chi connectivity index (χ2v) is 3.33. The lowest BCUT2D eigenvalue weighted by Gasteiger charge is -2.29. The number of carbonyl (C=O) groups excluding carboxylic acids is 2. The summed E-state index contributed by atoms with van der Waals surface area (Å²) < 4.78 is 4.65. The van der Waals surface area contributed by atoms with Crippen LogP contribution in [0, 0.1) is 5.92 Å². The minimum Gasteiger partial charge on any atom is -0.469 e. The van der Waals surface area contributed by atoms with Crippen molar-refractivity contribution in [1.82, 2.24) is 4.90 Å². The number of ether oxygens (including phenoxy) is 1. The van der Waals surface area contributed by atoms with Crippen LogP contribution in [0.15, 0.2) is 12.7 Å². The van der Waals surface area contributed by atoms with Gasteiger partial charge in [0, 0.05) is 13.1 Å². The zero-order valence-corrected chi connectivity index (χ0v) is 8.36. The summed E-state index contributed by atoms with van der Waals surface area (Å²) in [5.74, 6) is -0.280. The quantitative estimate of drug-likeness (QED) is 0.480. The first-order valence-electron chi connectivity index (χ1n) is 4.68. The molecule has 1 heterocycles. The van der Waals surface area contributed by atoms with Gasteiger partial charge in [-0.1, -0.05) is 6.58 Å². The van der Waals surface area contributed by atoms with Crippen molar-refractivity contribution in [3.8, 4) is 0 Å². The molecule has 1 fully saturated rings. The molecule has 0 N–H and O–H groups in total. The number of hydrogen-bond acceptors (Lipinski definition) is 3. The third kappa shape index (κ3) is 2.34. The molecule has 4 heteroatoms. The van der Waals surface area contributed by atoms with Gasteiger partial charge in [0.2, 0.25) is 5.91 Å². The van der Waals surface area contributed by atoms with E-state index in [0.29, 0.717) is 25.9 Å². The Morgan fingerprint density at radius 1 is 1.43 bits per heavy atom. The van der Waals surface area contributed by atoms with E-state index in [4.69, 9.17) is 0 Å². The summed E-state index contributed by atoms with van der Waals surface area (Å²) in [4.78, 5) is 24.1. The van der Waals surface area contributed by atoms with Crippen LogP contribution in [0.5, 0.6) is 0 Å². The van der Waals surface area contributed by atoms with Gasteiger partial charge in [0.05, 0.1) is 13.0 Å². The molecule has 0 aliphatic carbocycles. The van der Waals surface area contributed by atoms with Gasteiger partial charge in [-0.3, -0.25) is 9.59 Å². The lowest BCUT2D eigenvalue weighted by Crippen LogP contribution is -2.39. The van der Waals surface area contributed by atoms with Crippen molar-refractivity contribution in [3.63, 3.8) is 0 Å². The van der Waals surface area contributed by atoms with Gasteiger partial charge in [-0.05, 0) is 18.9 Å². The van der Waals surface area contributed by atoms with Gasteiger partial charge in [-0.25, -0.2) is 0 Å². The molecule has 1 rings (SSSR count). The standard InChI is InChI=1S/C10H15NO3/c1-3-9(12)11-6-4-8(5-7-11)10(13)14-2/h3,8H,1,4-7H2,2H3. The second-order valence-electron chi connectivity index (χ2n) is 3.33. The first kappa shape index (κ1) is 10.8. The van der Waals surface area contributed by atoms with Crippen LogP contribution in [0.4, 0.5) is 0 Å². The third-order valence-electron chi connectivity index (χ3n) is 2.52. The van der Waals surface area contributed by atoms with E-state index >= 15 is 0 Å². The maximum absolute atomic E-state index is 11.2. The molecule has 1 amide bonds. The summed E-state index contributed by atoms with van der Waals surface area (Å²) in [6.45, 7) is 4.65. The van der Waals surface area contributed by atoms with E-state index in [9.17, 15) is 9.59 Å². The Hall–Kier alpha value is -1.32. The average Bonchev–Trinajstić information content (AvgIpc) is 2.27. The van der Waals surface area contributed by atoms with Crippen LogP contribution in [0.2, 0.25) is 0 Å². The zero-order valence-electron chi connectivity index (χ0n) is 8.36. The molecular formula is C10H15NO3. The van der Waals surface area contributed by atoms with Crippen LogP contribution < -0.4 is 0 Å². The number of methoxy groups -OCH3 is 1. The van der Waals surface area contributed by atoms with Crippen molar-refractivity contribution in [2.45, 2.75) is 12.8 Å². The highest BCUT2D eigenvalue weighted by Gasteiger charge is 2.26. The van der Waals surface area contributed by atoms with Crippen molar-refractivity contribution in [1.29, 1.82) is 0 Å². The molecule has 0 saturated carbocycles. The van der Waals surface area contributed by atoms with Crippen LogP contribution in [0.1, 0.15) is 12.8 Å². The average molecular weight is 197 g/mol. The Kier molecular flexibility index (Phi) is 3.68. The molecule has 0 aromatic rings. The molecular weight excluding hydrogens is 182 g/mol. The highest BCUT2D eigenvalue weighted by Crippen LogP contribution is 2.18. The number of likely N-dealkylation sites (tertiary alicyclic amines) is 1. The number of rotatable bonds is 2. The van der Waals surface area contributed by atoms with Crippen LogP contribution >= 0.6 is 0 Å². The predicted octanol–water partition coefficient (Wildman–Crippen LogP) is 0.584. The Labute approximate surface area is 83.5 Å². The first-order valence-corrected chi connectivity index (χ1v) is 4.68. The Balaban J connectivity index is 2.42. The van der Waals surface area contributed by atoms with E-state index in [0.717, 1.165) is 0 Å². The van der Waals surface area contributed by atoms with Crippen molar-refractivity contribution in [2.24, 2.45) is 5.92 Å². The fraction of sp³-hybridized carbons (Fsp3) is 0.600. The normalized spacial score (nSPS) is 17.6. The number of piperidine rings is 1. The van der Waals surface area contributed by atoms with Crippen LogP contribution in [-0.2, 0) is 14.3 Å². The van der Waals surface area contributed by atoms with Crippen LogP contribution in [0.3, 0.4) is 0 Å². The molecule has 0 bridgehead atoms. The SMILES string of the molecule is C=CC(=O)N1CCC(C(=O)OC)CC1. The highest BCUT2D eigenvalue weighted by molar-refractivity contribution is 5.87. The number of amides is 1. The molecule has 1 aliphatic heterocycles. The van der Waals surface area contributed by atoms with E-state index in [-0.39, 0.29) is 17.8 Å². The minimum atomic E-state index is -0.171. The molecule has 0 spiro atoms. The topological polar surface area (TPSA) is 46.6 Å². The van der Waals surface area contributed by atoms with Crippen molar-refractivity contribution < 1.29 is 14.3 Å². The predicted molar refractivity (Wildman–Crippen MR) is 51.5 cm³/mol. The summed E-state index contributed by atoms with van der Waals surface area (Å²) in [5.41, 5.74) is 0. The fourth-order valence-electron chi connectivity index (χ4n) is 1.63. The van der Waals surface area contributed by atoms with Gasteiger partial charge in [0.25, 0.3) is 0 Å². The van der Waals surface area contributed by atoms with Gasteiger partial charge in [0.1, 0.15) is 0 Å². The van der Waals surface area contributed by atoms with Crippen molar-refractivity contribution >= 4 is 11.9 Å². The minimum absolute atomic E-state index is 0.0473. The monoisotopic (exact) mass is 197 g/mol. The maximum Gasteiger partial charge on any atom is 0.308 e. The van der Waals surface area contributed by atoms with E-state index < -0.39 is 0 Å². The summed E-state index contributed by atoms with van der Waals surface area (Å²) in [5, 5.41) is 0. The number of carbonyl (C=O) groups is 2. The molecule has 78 valence electrons. The summed E-state index contributed by atoms with van der Waals surface area (Å²) in [7, 11) is 1.39. The third-order valence-corrected chi connectivity index (χ3v) is 2.52. The Bertz CT molecular complexity index is 242. The molecule has 14 heavy (non-hydrogen) atoms. The van der Waals surface area contributed by atoms with E-state index in [1.165, 1.54) is 13.2 Å². The lowest BCUT2D eigenvalue weighted by atomic mass is 9.97. The number of esters is 1. The largest absolute Gasteiger partial charge is 0.469 e. The molecule has 0 radical (unpaired) electrons. The van der Waals surface area contributed by atoms with Crippen LogP contribution in [-0.4, -0.2) is 37.0 Å². The van der Waals surface area contributed by atoms with Crippen LogP contribution in [0.25, 0.3) is 0 Å². The lowest BCUT2D eigenvalue weighted by molar-refractivity contribution is -0.148. The smallest absolute Gasteiger partial charge is 0.308 e. The van der Waals surface area contributed by atoms with E-state index in [1.807, 2.05) is 0 Å². The Morgan fingerprint density at radius 3 is 2.43 bits per heavy atom. The molecule has 0 unspecified atom stereocenters. The molecule has 1 saturated heterocycles. The second kappa shape index (κ2) is 4.79. The Morgan fingerprint density at radius 2 is 2.00 bits per heavy atom. The molecule has 0 aromatic carbocycles. The van der Waals surface area contributed by atoms with Gasteiger partial charge >= 0.3 is 5.97 Å². The zero-order chi connectivity index (χ0) is 10.6. The maximum atomic E-state index is 11.2. The van der Waals surface area contributed by atoms with Gasteiger partial charge < -0.3 is 9.64 Å². The van der Waals surface area contributed by atoms with E-state index in [2.05, 4.69) is 11.3 Å². The molecule has 0 aromatic heterocycles. The molecule has 1 aliphatic rings. The summed E-state index contributed by atoms with van der Waals surface area (Å²) in [6.07, 6.45) is 2.68. The van der Waals surface area contributed by atoms with E-state index in [1.54, 1.807) is 4.90 Å². The highest BCUT2D eigenvalue weighted by atomic mass is 16.5. The summed E-state index contributed by atoms with van der Waals surface area (Å²) >= 11 is 0. The van der Waals surface area contributed by atoms with Gasteiger partial charge in [-0.15, -0.1) is 0 Å². The first-order chi connectivity index (χ1) is 6.69. The molecule has 4 nitrogen and oxygen atoms in total. The van der Waals surface area contributed by atoms with Crippen molar-refractivity contribution in [2.75, 3.05) is 20.2 Å².